The monoisotopic (exact) mass is 333 g/mol. The number of ether oxygens (including phenoxy) is 1. The standard InChI is InChI=1S/C15H24ClNO3S/c1-5-13-7-8-15(9-14(13)10-16)21(18,19)17(6-2)12(3)11-20-4/h7-9,12H,5-6,10-11H2,1-4H3. The van der Waals surface area contributed by atoms with Crippen molar-refractivity contribution < 1.29 is 13.2 Å². The molecule has 0 radical (unpaired) electrons. The van der Waals surface area contributed by atoms with E-state index in [0.29, 0.717) is 23.9 Å². The lowest BCUT2D eigenvalue weighted by atomic mass is 10.1. The maximum atomic E-state index is 12.8. The van der Waals surface area contributed by atoms with Gasteiger partial charge in [0.05, 0.1) is 11.5 Å². The first-order chi connectivity index (χ1) is 9.92. The summed E-state index contributed by atoms with van der Waals surface area (Å²) < 4.78 is 32.1. The van der Waals surface area contributed by atoms with Gasteiger partial charge in [-0.25, -0.2) is 8.42 Å². The second kappa shape index (κ2) is 8.13. The van der Waals surface area contributed by atoms with Gasteiger partial charge in [0.15, 0.2) is 0 Å². The molecule has 6 heteroatoms. The quantitative estimate of drug-likeness (QED) is 0.687. The minimum Gasteiger partial charge on any atom is -0.383 e. The van der Waals surface area contributed by atoms with Crippen molar-refractivity contribution in [1.82, 2.24) is 4.31 Å². The van der Waals surface area contributed by atoms with Crippen molar-refractivity contribution in [1.29, 1.82) is 0 Å². The zero-order chi connectivity index (χ0) is 16.0. The predicted molar refractivity (Wildman–Crippen MR) is 86.3 cm³/mol. The summed E-state index contributed by atoms with van der Waals surface area (Å²) in [5.41, 5.74) is 1.95. The lowest BCUT2D eigenvalue weighted by Gasteiger charge is -2.27. The number of methoxy groups -OCH3 is 1. The number of sulfonamides is 1. The fraction of sp³-hybridized carbons (Fsp3) is 0.600. The van der Waals surface area contributed by atoms with Crippen molar-refractivity contribution in [2.75, 3.05) is 20.3 Å². The molecule has 0 spiro atoms. The molecule has 0 amide bonds. The van der Waals surface area contributed by atoms with E-state index >= 15 is 0 Å². The molecule has 1 atom stereocenters. The number of halogens is 1. The van der Waals surface area contributed by atoms with Gasteiger partial charge in [-0.15, -0.1) is 11.6 Å². The first-order valence-corrected chi connectivity index (χ1v) is 9.08. The van der Waals surface area contributed by atoms with Crippen LogP contribution in [-0.4, -0.2) is 39.0 Å². The summed E-state index contributed by atoms with van der Waals surface area (Å²) in [6.45, 7) is 6.46. The summed E-state index contributed by atoms with van der Waals surface area (Å²) >= 11 is 5.93. The first-order valence-electron chi connectivity index (χ1n) is 7.10. The summed E-state index contributed by atoms with van der Waals surface area (Å²) in [4.78, 5) is 0.292. The Morgan fingerprint density at radius 1 is 1.29 bits per heavy atom. The van der Waals surface area contributed by atoms with Crippen molar-refractivity contribution in [2.24, 2.45) is 0 Å². The number of nitrogens with zero attached hydrogens (tertiary/aromatic N) is 1. The van der Waals surface area contributed by atoms with Crippen LogP contribution < -0.4 is 0 Å². The number of rotatable bonds is 8. The molecular weight excluding hydrogens is 310 g/mol. The van der Waals surface area contributed by atoms with E-state index < -0.39 is 10.0 Å². The van der Waals surface area contributed by atoms with Gasteiger partial charge < -0.3 is 4.74 Å². The van der Waals surface area contributed by atoms with Crippen molar-refractivity contribution in [2.45, 2.75) is 44.0 Å². The largest absolute Gasteiger partial charge is 0.383 e. The van der Waals surface area contributed by atoms with E-state index in [9.17, 15) is 8.42 Å². The van der Waals surface area contributed by atoms with Gasteiger partial charge in [-0.1, -0.05) is 19.9 Å². The molecule has 0 fully saturated rings. The molecule has 1 unspecified atom stereocenters. The number of hydrogen-bond donors (Lipinski definition) is 0. The molecule has 0 heterocycles. The average Bonchev–Trinajstić information content (AvgIpc) is 2.47. The van der Waals surface area contributed by atoms with Crippen molar-refractivity contribution in [3.8, 4) is 0 Å². The molecule has 1 aromatic rings. The minimum atomic E-state index is -3.54. The molecule has 0 aliphatic heterocycles. The second-order valence-electron chi connectivity index (χ2n) is 4.93. The van der Waals surface area contributed by atoms with Crippen LogP contribution in [-0.2, 0) is 27.1 Å². The summed E-state index contributed by atoms with van der Waals surface area (Å²) in [6.07, 6.45) is 0.833. The van der Waals surface area contributed by atoms with E-state index in [1.165, 1.54) is 4.31 Å². The van der Waals surface area contributed by atoms with Gasteiger partial charge in [-0.05, 0) is 36.6 Å². The van der Waals surface area contributed by atoms with Crippen LogP contribution in [0.4, 0.5) is 0 Å². The number of likely N-dealkylation sites (N-methyl/N-ethyl adjacent to an activating group) is 1. The zero-order valence-electron chi connectivity index (χ0n) is 13.1. The van der Waals surface area contributed by atoms with Gasteiger partial charge >= 0.3 is 0 Å². The van der Waals surface area contributed by atoms with Crippen LogP contribution in [0.5, 0.6) is 0 Å². The molecule has 21 heavy (non-hydrogen) atoms. The summed E-state index contributed by atoms with van der Waals surface area (Å²) in [6, 6.07) is 4.98. The van der Waals surface area contributed by atoms with Gasteiger partial charge in [-0.2, -0.15) is 4.31 Å². The molecule has 0 saturated heterocycles. The Labute approximate surface area is 133 Å². The molecule has 120 valence electrons. The van der Waals surface area contributed by atoms with Crippen LogP contribution in [0.3, 0.4) is 0 Å². The highest BCUT2D eigenvalue weighted by atomic mass is 35.5. The SMILES string of the molecule is CCc1ccc(S(=O)(=O)N(CC)C(C)COC)cc1CCl. The van der Waals surface area contributed by atoms with E-state index in [-0.39, 0.29) is 6.04 Å². The Kier molecular flexibility index (Phi) is 7.13. The molecule has 0 aromatic heterocycles. The molecule has 0 aliphatic rings. The molecule has 1 aromatic carbocycles. The maximum absolute atomic E-state index is 12.8. The molecular formula is C15H24ClNO3S. The third-order valence-corrected chi connectivity index (χ3v) is 5.89. The summed E-state index contributed by atoms with van der Waals surface area (Å²) in [5, 5.41) is 0. The summed E-state index contributed by atoms with van der Waals surface area (Å²) in [7, 11) is -1.97. The first kappa shape index (κ1) is 18.4. The summed E-state index contributed by atoms with van der Waals surface area (Å²) in [5.74, 6) is 0.312. The van der Waals surface area contributed by atoms with E-state index in [0.717, 1.165) is 17.5 Å². The second-order valence-corrected chi connectivity index (χ2v) is 7.09. The number of benzene rings is 1. The zero-order valence-corrected chi connectivity index (χ0v) is 14.7. The Morgan fingerprint density at radius 2 is 1.95 bits per heavy atom. The number of hydrogen-bond acceptors (Lipinski definition) is 3. The smallest absolute Gasteiger partial charge is 0.243 e. The third kappa shape index (κ3) is 4.19. The van der Waals surface area contributed by atoms with Gasteiger partial charge in [0.25, 0.3) is 0 Å². The normalized spacial score (nSPS) is 13.6. The van der Waals surface area contributed by atoms with Crippen LogP contribution in [0.2, 0.25) is 0 Å². The van der Waals surface area contributed by atoms with E-state index in [1.54, 1.807) is 19.2 Å². The highest BCUT2D eigenvalue weighted by Gasteiger charge is 2.28. The molecule has 4 nitrogen and oxygen atoms in total. The van der Waals surface area contributed by atoms with Crippen molar-refractivity contribution >= 4 is 21.6 Å². The average molecular weight is 334 g/mol. The number of aryl methyl sites for hydroxylation is 1. The van der Waals surface area contributed by atoms with Crippen molar-refractivity contribution in [3.05, 3.63) is 29.3 Å². The van der Waals surface area contributed by atoms with Crippen LogP contribution in [0, 0.1) is 0 Å². The van der Waals surface area contributed by atoms with Crippen molar-refractivity contribution in [3.63, 3.8) is 0 Å². The Hall–Kier alpha value is -0.620. The van der Waals surface area contributed by atoms with Crippen LogP contribution in [0.15, 0.2) is 23.1 Å². The molecule has 0 bridgehead atoms. The Morgan fingerprint density at radius 3 is 2.43 bits per heavy atom. The highest BCUT2D eigenvalue weighted by Crippen LogP contribution is 2.23. The molecule has 0 saturated carbocycles. The van der Waals surface area contributed by atoms with Gasteiger partial charge in [0.2, 0.25) is 10.0 Å². The van der Waals surface area contributed by atoms with Gasteiger partial charge in [0.1, 0.15) is 0 Å². The van der Waals surface area contributed by atoms with Gasteiger partial charge in [-0.3, -0.25) is 0 Å². The van der Waals surface area contributed by atoms with Crippen LogP contribution in [0.25, 0.3) is 0 Å². The fourth-order valence-corrected chi connectivity index (χ4v) is 4.34. The van der Waals surface area contributed by atoms with E-state index in [1.807, 2.05) is 26.8 Å². The Balaban J connectivity index is 3.22. The minimum absolute atomic E-state index is 0.213. The van der Waals surface area contributed by atoms with Crippen LogP contribution in [0.1, 0.15) is 31.9 Å². The maximum Gasteiger partial charge on any atom is 0.243 e. The fourth-order valence-electron chi connectivity index (χ4n) is 2.41. The van der Waals surface area contributed by atoms with E-state index in [4.69, 9.17) is 16.3 Å². The highest BCUT2D eigenvalue weighted by molar-refractivity contribution is 7.89. The topological polar surface area (TPSA) is 46.6 Å². The van der Waals surface area contributed by atoms with E-state index in [2.05, 4.69) is 0 Å². The molecule has 1 rings (SSSR count). The van der Waals surface area contributed by atoms with Crippen LogP contribution >= 0.6 is 11.6 Å². The predicted octanol–water partition coefficient (Wildman–Crippen LogP) is 3.03. The number of alkyl halides is 1. The lowest BCUT2D eigenvalue weighted by molar-refractivity contribution is 0.142. The molecule has 0 aliphatic carbocycles. The Bertz CT molecular complexity index is 560. The lowest BCUT2D eigenvalue weighted by Crippen LogP contribution is -2.40. The molecule has 0 N–H and O–H groups in total. The third-order valence-electron chi connectivity index (χ3n) is 3.52. The van der Waals surface area contributed by atoms with Gasteiger partial charge in [0, 0.05) is 25.6 Å².